The van der Waals surface area contributed by atoms with E-state index in [1.807, 2.05) is 19.1 Å². The topological polar surface area (TPSA) is 112 Å². The van der Waals surface area contributed by atoms with Crippen LogP contribution in [0.15, 0.2) is 66.3 Å². The lowest BCUT2D eigenvalue weighted by atomic mass is 9.73. The third-order valence-electron chi connectivity index (χ3n) is 7.16. The lowest BCUT2D eigenvalue weighted by molar-refractivity contribution is 0.0880. The number of phosphoric acid groups is 1. The van der Waals surface area contributed by atoms with Crippen molar-refractivity contribution in [2.45, 2.75) is 78.2 Å². The first-order valence-electron chi connectivity index (χ1n) is 14.3. The predicted molar refractivity (Wildman–Crippen MR) is 159 cm³/mol. The molecular weight excluding hydrogens is 543 g/mol. The van der Waals surface area contributed by atoms with Crippen molar-refractivity contribution in [1.82, 2.24) is 0 Å². The van der Waals surface area contributed by atoms with Crippen molar-refractivity contribution in [1.29, 1.82) is 0 Å². The molecule has 0 radical (unpaired) electrons. The Labute approximate surface area is 243 Å². The van der Waals surface area contributed by atoms with Crippen molar-refractivity contribution in [2.24, 2.45) is 5.92 Å². The molecule has 8 nitrogen and oxygen atoms in total. The third-order valence-corrected chi connectivity index (χ3v) is 8.12. The van der Waals surface area contributed by atoms with E-state index in [1.165, 1.54) is 5.57 Å². The Kier molecular flexibility index (Phi) is 12.7. The van der Waals surface area contributed by atoms with E-state index in [0.29, 0.717) is 5.56 Å². The number of carbonyl (C=O) groups excluding carboxylic acids is 1. The summed E-state index contributed by atoms with van der Waals surface area (Å²) < 4.78 is 33.0. The molecule has 0 amide bonds. The molecule has 2 aromatic rings. The minimum absolute atomic E-state index is 0.0634. The molecule has 0 aliphatic heterocycles. The van der Waals surface area contributed by atoms with Crippen LogP contribution >= 0.6 is 7.82 Å². The van der Waals surface area contributed by atoms with E-state index < -0.39 is 14.0 Å². The van der Waals surface area contributed by atoms with Crippen LogP contribution in [0.2, 0.25) is 0 Å². The van der Waals surface area contributed by atoms with Gasteiger partial charge in [-0.25, -0.2) is 9.36 Å². The number of phenols is 1. The molecule has 0 heterocycles. The van der Waals surface area contributed by atoms with Gasteiger partial charge in [0.2, 0.25) is 0 Å². The highest BCUT2D eigenvalue weighted by molar-refractivity contribution is 7.47. The van der Waals surface area contributed by atoms with Crippen molar-refractivity contribution >= 4 is 14.0 Å². The average molecular weight is 587 g/mol. The molecule has 0 aromatic heterocycles. The van der Waals surface area contributed by atoms with Gasteiger partial charge >= 0.3 is 14.0 Å². The highest BCUT2D eigenvalue weighted by Crippen LogP contribution is 2.47. The van der Waals surface area contributed by atoms with E-state index in [0.717, 1.165) is 55.2 Å². The summed E-state index contributed by atoms with van der Waals surface area (Å²) in [6, 6.07) is 12.6. The van der Waals surface area contributed by atoms with Crippen molar-refractivity contribution in [3.8, 4) is 11.5 Å². The quantitative estimate of drug-likeness (QED) is 0.0704. The zero-order valence-electron chi connectivity index (χ0n) is 24.3. The van der Waals surface area contributed by atoms with Crippen LogP contribution in [0.1, 0.15) is 81.9 Å². The van der Waals surface area contributed by atoms with Crippen molar-refractivity contribution in [2.75, 3.05) is 13.2 Å². The van der Waals surface area contributed by atoms with Crippen LogP contribution < -0.4 is 4.74 Å². The Morgan fingerprint density at radius 2 is 1.83 bits per heavy atom. The van der Waals surface area contributed by atoms with Gasteiger partial charge in [0.25, 0.3) is 0 Å². The SMILES string of the molecule is C=C(C)[C@@H]1CCC(C)=C[C@H]1c1c(O)cc(CCCCC)cc1OC(=O)OCCCOP(=O)(O)OCc1ccccc1. The number of allylic oxidation sites excluding steroid dienone is 3. The van der Waals surface area contributed by atoms with E-state index in [2.05, 4.69) is 26.5 Å². The van der Waals surface area contributed by atoms with Crippen LogP contribution in [0.25, 0.3) is 0 Å². The first-order valence-corrected chi connectivity index (χ1v) is 15.8. The number of benzene rings is 2. The van der Waals surface area contributed by atoms with Gasteiger partial charge in [0.05, 0.1) is 19.8 Å². The van der Waals surface area contributed by atoms with Crippen LogP contribution in [0.5, 0.6) is 11.5 Å². The molecule has 0 spiro atoms. The lowest BCUT2D eigenvalue weighted by Gasteiger charge is -2.32. The minimum Gasteiger partial charge on any atom is -0.507 e. The molecule has 9 heteroatoms. The molecule has 1 unspecified atom stereocenters. The Hall–Kier alpha value is -2.90. The summed E-state index contributed by atoms with van der Waals surface area (Å²) in [4.78, 5) is 22.6. The Bertz CT molecular complexity index is 1240. The summed E-state index contributed by atoms with van der Waals surface area (Å²) >= 11 is 0. The maximum Gasteiger partial charge on any atom is 0.513 e. The molecule has 224 valence electrons. The number of phenolic OH excluding ortho intramolecular Hbond substituents is 1. The molecule has 0 fully saturated rings. The largest absolute Gasteiger partial charge is 0.513 e. The van der Waals surface area contributed by atoms with Crippen LogP contribution in [-0.2, 0) is 31.4 Å². The summed E-state index contributed by atoms with van der Waals surface area (Å²) in [5.41, 5.74) is 4.39. The van der Waals surface area contributed by atoms with Crippen LogP contribution in [0.3, 0.4) is 0 Å². The van der Waals surface area contributed by atoms with Crippen molar-refractivity contribution in [3.05, 3.63) is 83.0 Å². The zero-order valence-corrected chi connectivity index (χ0v) is 25.2. The van der Waals surface area contributed by atoms with Gasteiger partial charge in [0.15, 0.2) is 0 Å². The van der Waals surface area contributed by atoms with Gasteiger partial charge in [-0.05, 0) is 68.7 Å². The van der Waals surface area contributed by atoms with Crippen LogP contribution in [0.4, 0.5) is 4.79 Å². The first-order chi connectivity index (χ1) is 19.6. The first kappa shape index (κ1) is 32.6. The number of hydrogen-bond donors (Lipinski definition) is 2. The highest BCUT2D eigenvalue weighted by Gasteiger charge is 2.31. The third kappa shape index (κ3) is 10.5. The van der Waals surface area contributed by atoms with Crippen LogP contribution in [-0.4, -0.2) is 29.4 Å². The molecule has 0 saturated heterocycles. The van der Waals surface area contributed by atoms with E-state index in [9.17, 15) is 19.4 Å². The maximum absolute atomic E-state index is 12.7. The van der Waals surface area contributed by atoms with Gasteiger partial charge in [0.1, 0.15) is 11.5 Å². The number of aryl methyl sites for hydroxylation is 1. The van der Waals surface area contributed by atoms with Crippen LogP contribution in [0, 0.1) is 5.92 Å². The maximum atomic E-state index is 12.7. The summed E-state index contributed by atoms with van der Waals surface area (Å²) in [6.07, 6.45) is 7.04. The fourth-order valence-electron chi connectivity index (χ4n) is 5.00. The number of ether oxygens (including phenoxy) is 2. The van der Waals surface area contributed by atoms with Crippen molar-refractivity contribution < 1.29 is 37.9 Å². The molecule has 41 heavy (non-hydrogen) atoms. The number of rotatable bonds is 15. The van der Waals surface area contributed by atoms with E-state index in [4.69, 9.17) is 18.5 Å². The summed E-state index contributed by atoms with van der Waals surface area (Å²) in [7, 11) is -4.25. The van der Waals surface area contributed by atoms with Gasteiger partial charge in [-0.2, -0.15) is 0 Å². The summed E-state index contributed by atoms with van der Waals surface area (Å²) in [5.74, 6) is 0.279. The number of carbonyl (C=O) groups is 1. The zero-order chi connectivity index (χ0) is 29.8. The number of aromatic hydroxyl groups is 1. The van der Waals surface area contributed by atoms with Crippen molar-refractivity contribution in [3.63, 3.8) is 0 Å². The number of hydrogen-bond acceptors (Lipinski definition) is 7. The van der Waals surface area contributed by atoms with Gasteiger partial charge in [-0.3, -0.25) is 9.05 Å². The smallest absolute Gasteiger partial charge is 0.507 e. The molecule has 1 aliphatic carbocycles. The normalized spacial score (nSPS) is 18.3. The predicted octanol–water partition coefficient (Wildman–Crippen LogP) is 8.38. The van der Waals surface area contributed by atoms with Gasteiger partial charge in [-0.1, -0.05) is 73.9 Å². The second kappa shape index (κ2) is 15.9. The molecular formula is C32H43O8P. The molecule has 2 N–H and O–H groups in total. The van der Waals surface area contributed by atoms with Gasteiger partial charge in [0, 0.05) is 17.9 Å². The summed E-state index contributed by atoms with van der Waals surface area (Å²) in [5, 5.41) is 11.1. The van der Waals surface area contributed by atoms with E-state index in [1.54, 1.807) is 30.3 Å². The molecule has 2 aromatic carbocycles. The molecule has 0 saturated carbocycles. The van der Waals surface area contributed by atoms with E-state index in [-0.39, 0.29) is 49.6 Å². The van der Waals surface area contributed by atoms with E-state index >= 15 is 0 Å². The molecule has 1 aliphatic rings. The Balaban J connectivity index is 1.62. The second-order valence-corrected chi connectivity index (χ2v) is 12.1. The fourth-order valence-corrected chi connectivity index (χ4v) is 5.74. The van der Waals surface area contributed by atoms with Gasteiger partial charge < -0.3 is 19.5 Å². The molecule has 0 bridgehead atoms. The fraction of sp³-hybridized carbons (Fsp3) is 0.469. The Morgan fingerprint density at radius 1 is 1.07 bits per heavy atom. The average Bonchev–Trinajstić information content (AvgIpc) is 2.92. The minimum atomic E-state index is -4.25. The number of phosphoric ester groups is 1. The summed E-state index contributed by atoms with van der Waals surface area (Å²) in [6.45, 7) is 10.0. The standard InChI is InChI=1S/C32H43O8P/c1-5-6-8-14-26-20-29(33)31(28-19-24(4)15-16-27(28)23(2)3)30(21-26)40-32(34)37-17-11-18-38-41(35,36)39-22-25-12-9-7-10-13-25/h7,9-10,12-13,19-21,27-28,33H,2,5-6,8,11,14-18,22H2,1,3-4H3,(H,35,36)/t27-,28+/m0/s1. The Morgan fingerprint density at radius 3 is 2.54 bits per heavy atom. The second-order valence-electron chi connectivity index (χ2n) is 10.6. The monoisotopic (exact) mass is 586 g/mol. The molecule has 3 atom stereocenters. The van der Waals surface area contributed by atoms with Gasteiger partial charge in [-0.15, -0.1) is 0 Å². The number of unbranched alkanes of at least 4 members (excludes halogenated alkanes) is 2. The molecule has 3 rings (SSSR count). The highest BCUT2D eigenvalue weighted by atomic mass is 31.2. The lowest BCUT2D eigenvalue weighted by Crippen LogP contribution is -2.20.